The lowest BCUT2D eigenvalue weighted by molar-refractivity contribution is -0.145. The summed E-state index contributed by atoms with van der Waals surface area (Å²) in [6.45, 7) is 1.64. The molecule has 0 fully saturated rings. The number of carbonyl (C=O) groups is 5. The van der Waals surface area contributed by atoms with Crippen molar-refractivity contribution in [1.82, 2.24) is 16.0 Å². The van der Waals surface area contributed by atoms with Crippen LogP contribution in [0.2, 0.25) is 0 Å². The first-order valence-corrected chi connectivity index (χ1v) is 11.3. The molecule has 16 heteroatoms. The summed E-state index contributed by atoms with van der Waals surface area (Å²) in [5, 5.41) is 34.7. The summed E-state index contributed by atoms with van der Waals surface area (Å²) >= 11 is 0. The lowest BCUT2D eigenvalue weighted by atomic mass is 10.1. The number of carbonyl (C=O) groups excluding carboxylic acids is 3. The third-order valence-electron chi connectivity index (χ3n) is 4.94. The van der Waals surface area contributed by atoms with Crippen molar-refractivity contribution in [3.8, 4) is 0 Å². The van der Waals surface area contributed by atoms with Crippen LogP contribution in [0.1, 0.15) is 45.4 Å². The van der Waals surface area contributed by atoms with Gasteiger partial charge in [-0.05, 0) is 39.2 Å². The summed E-state index contributed by atoms with van der Waals surface area (Å²) in [5.74, 6) is -5.84. The molecule has 5 unspecified atom stereocenters. The second-order valence-corrected chi connectivity index (χ2v) is 8.13. The minimum atomic E-state index is -1.67. The van der Waals surface area contributed by atoms with Gasteiger partial charge in [0.15, 0.2) is 12.0 Å². The number of hydrogen-bond donors (Lipinski definition) is 10. The maximum absolute atomic E-state index is 12.8. The highest BCUT2D eigenvalue weighted by Gasteiger charge is 2.32. The maximum Gasteiger partial charge on any atom is 0.328 e. The quantitative estimate of drug-likeness (QED) is 0.0470. The van der Waals surface area contributed by atoms with Crippen molar-refractivity contribution in [2.24, 2.45) is 27.9 Å². The van der Waals surface area contributed by atoms with Crippen molar-refractivity contribution >= 4 is 35.6 Å². The van der Waals surface area contributed by atoms with E-state index in [4.69, 9.17) is 22.9 Å². The number of amides is 3. The van der Waals surface area contributed by atoms with Gasteiger partial charge in [0.05, 0.1) is 18.6 Å². The zero-order chi connectivity index (χ0) is 27.8. The SMILES string of the molecule is CC(O)C(NC(=O)C(CCCN=C(N)N)NC(=O)C(CC(=O)O)NC(=O)C(N)CCCCN)C(=O)O. The van der Waals surface area contributed by atoms with E-state index in [9.17, 15) is 39.3 Å². The van der Waals surface area contributed by atoms with Crippen molar-refractivity contribution in [3.05, 3.63) is 0 Å². The lowest BCUT2D eigenvalue weighted by Gasteiger charge is -2.25. The van der Waals surface area contributed by atoms with Crippen molar-refractivity contribution in [1.29, 1.82) is 0 Å². The Bertz CT molecular complexity index is 788. The number of nitrogens with two attached hydrogens (primary N) is 4. The number of aliphatic imine (C=N–C) groups is 1. The topological polar surface area (TPSA) is 299 Å². The van der Waals surface area contributed by atoms with Gasteiger partial charge < -0.3 is 54.2 Å². The molecule has 0 aliphatic carbocycles. The molecular weight excluding hydrogens is 480 g/mol. The average molecular weight is 519 g/mol. The molecule has 3 amide bonds. The fourth-order valence-corrected chi connectivity index (χ4v) is 2.99. The third kappa shape index (κ3) is 13.4. The van der Waals surface area contributed by atoms with Crippen molar-refractivity contribution in [2.75, 3.05) is 13.1 Å². The van der Waals surface area contributed by atoms with Gasteiger partial charge in [0, 0.05) is 6.54 Å². The number of carboxylic acid groups (broad SMARTS) is 2. The van der Waals surface area contributed by atoms with E-state index < -0.39 is 66.4 Å². The van der Waals surface area contributed by atoms with E-state index in [1.165, 1.54) is 0 Å². The van der Waals surface area contributed by atoms with E-state index in [0.717, 1.165) is 6.92 Å². The molecule has 0 saturated heterocycles. The van der Waals surface area contributed by atoms with E-state index in [1.807, 2.05) is 0 Å². The normalized spacial score (nSPS) is 14.9. The summed E-state index contributed by atoms with van der Waals surface area (Å²) in [5.41, 5.74) is 21.7. The summed E-state index contributed by atoms with van der Waals surface area (Å²) in [6, 6.07) is -5.62. The zero-order valence-corrected chi connectivity index (χ0v) is 20.2. The number of aliphatic hydroxyl groups is 1. The van der Waals surface area contributed by atoms with E-state index in [0.29, 0.717) is 19.4 Å². The fourth-order valence-electron chi connectivity index (χ4n) is 2.99. The van der Waals surface area contributed by atoms with Gasteiger partial charge in [0.2, 0.25) is 17.7 Å². The van der Waals surface area contributed by atoms with Crippen LogP contribution in [0, 0.1) is 0 Å². The Labute approximate surface area is 208 Å². The van der Waals surface area contributed by atoms with E-state index in [1.54, 1.807) is 0 Å². The second kappa shape index (κ2) is 17.0. The molecule has 0 aliphatic rings. The largest absolute Gasteiger partial charge is 0.481 e. The maximum atomic E-state index is 12.8. The number of aliphatic hydroxyl groups excluding tert-OH is 1. The number of nitrogens with one attached hydrogen (secondary N) is 3. The van der Waals surface area contributed by atoms with Gasteiger partial charge in [0.1, 0.15) is 12.1 Å². The van der Waals surface area contributed by atoms with Crippen LogP contribution >= 0.6 is 0 Å². The summed E-state index contributed by atoms with van der Waals surface area (Å²) < 4.78 is 0. The molecule has 0 bridgehead atoms. The highest BCUT2D eigenvalue weighted by atomic mass is 16.4. The molecular formula is C20H38N8O8. The molecule has 0 spiro atoms. The first kappa shape index (κ1) is 32.5. The lowest BCUT2D eigenvalue weighted by Crippen LogP contribution is -2.58. The molecule has 0 rings (SSSR count). The molecule has 0 aliphatic heterocycles. The number of rotatable bonds is 18. The number of carboxylic acids is 2. The van der Waals surface area contributed by atoms with Crippen LogP contribution in [0.5, 0.6) is 0 Å². The highest BCUT2D eigenvalue weighted by molar-refractivity contribution is 5.95. The molecule has 0 heterocycles. The number of aliphatic carboxylic acids is 2. The Morgan fingerprint density at radius 2 is 1.44 bits per heavy atom. The van der Waals surface area contributed by atoms with Crippen LogP contribution < -0.4 is 38.9 Å². The minimum absolute atomic E-state index is 0.0765. The van der Waals surface area contributed by atoms with Crippen molar-refractivity contribution < 1.29 is 39.3 Å². The van der Waals surface area contributed by atoms with E-state index in [2.05, 4.69) is 20.9 Å². The molecule has 0 aromatic heterocycles. The van der Waals surface area contributed by atoms with Gasteiger partial charge in [-0.1, -0.05) is 6.42 Å². The minimum Gasteiger partial charge on any atom is -0.481 e. The average Bonchev–Trinajstić information content (AvgIpc) is 2.77. The molecule has 36 heavy (non-hydrogen) atoms. The monoisotopic (exact) mass is 518 g/mol. The molecule has 0 aromatic carbocycles. The zero-order valence-electron chi connectivity index (χ0n) is 20.2. The van der Waals surface area contributed by atoms with Crippen LogP contribution in [-0.2, 0) is 24.0 Å². The molecule has 5 atom stereocenters. The number of guanidine groups is 1. The fraction of sp³-hybridized carbons (Fsp3) is 0.700. The Morgan fingerprint density at radius 1 is 0.861 bits per heavy atom. The predicted octanol–water partition coefficient (Wildman–Crippen LogP) is -4.11. The number of hydrogen-bond acceptors (Lipinski definition) is 9. The Hall–Kier alpha value is -3.50. The molecule has 206 valence electrons. The van der Waals surface area contributed by atoms with Crippen molar-refractivity contribution in [3.63, 3.8) is 0 Å². The van der Waals surface area contributed by atoms with Gasteiger partial charge in [-0.2, -0.15) is 0 Å². The second-order valence-electron chi connectivity index (χ2n) is 8.13. The predicted molar refractivity (Wildman–Crippen MR) is 128 cm³/mol. The van der Waals surface area contributed by atoms with Crippen LogP contribution in [-0.4, -0.2) is 94.3 Å². The Kier molecular flexibility index (Phi) is 15.4. The van der Waals surface area contributed by atoms with Crippen molar-refractivity contribution in [2.45, 2.75) is 75.7 Å². The molecule has 0 aromatic rings. The smallest absolute Gasteiger partial charge is 0.328 e. The van der Waals surface area contributed by atoms with Crippen LogP contribution in [0.25, 0.3) is 0 Å². The van der Waals surface area contributed by atoms with Gasteiger partial charge in [-0.25, -0.2) is 4.79 Å². The molecule has 14 N–H and O–H groups in total. The third-order valence-corrected chi connectivity index (χ3v) is 4.94. The Morgan fingerprint density at radius 3 is 1.94 bits per heavy atom. The van der Waals surface area contributed by atoms with Crippen LogP contribution in [0.3, 0.4) is 0 Å². The summed E-state index contributed by atoms with van der Waals surface area (Å²) in [4.78, 5) is 64.3. The summed E-state index contributed by atoms with van der Waals surface area (Å²) in [7, 11) is 0. The summed E-state index contributed by atoms with van der Waals surface area (Å²) in [6.07, 6.45) is -0.730. The number of unbranched alkanes of at least 4 members (excludes halogenated alkanes) is 1. The first-order chi connectivity index (χ1) is 16.8. The standard InChI is InChI=1S/C20H38N8O8/c1-10(29)15(19(35)36)28-17(33)12(6-4-8-25-20(23)24)26-18(34)13(9-14(30)31)27-16(32)11(22)5-2-3-7-21/h10-13,15,29H,2-9,21-22H2,1H3,(H,26,34)(H,27,32)(H,28,33)(H,30,31)(H,35,36)(H4,23,24,25). The van der Waals surface area contributed by atoms with Gasteiger partial charge in [0.25, 0.3) is 0 Å². The van der Waals surface area contributed by atoms with E-state index >= 15 is 0 Å². The van der Waals surface area contributed by atoms with Crippen LogP contribution in [0.4, 0.5) is 0 Å². The first-order valence-electron chi connectivity index (χ1n) is 11.3. The molecule has 16 nitrogen and oxygen atoms in total. The highest BCUT2D eigenvalue weighted by Crippen LogP contribution is 2.05. The molecule has 0 radical (unpaired) electrons. The van der Waals surface area contributed by atoms with Gasteiger partial charge >= 0.3 is 11.9 Å². The Balaban J connectivity index is 5.57. The van der Waals surface area contributed by atoms with Gasteiger partial charge in [-0.3, -0.25) is 24.2 Å². The van der Waals surface area contributed by atoms with Crippen LogP contribution in [0.15, 0.2) is 4.99 Å². The number of nitrogens with zero attached hydrogens (tertiary/aromatic N) is 1. The van der Waals surface area contributed by atoms with Gasteiger partial charge in [-0.15, -0.1) is 0 Å². The molecule has 0 saturated carbocycles. The van der Waals surface area contributed by atoms with E-state index in [-0.39, 0.29) is 31.8 Å².